The summed E-state index contributed by atoms with van der Waals surface area (Å²) in [5, 5.41) is 0. The van der Waals surface area contributed by atoms with E-state index >= 15 is 0 Å². The van der Waals surface area contributed by atoms with Crippen molar-refractivity contribution in [2.45, 2.75) is 45.3 Å². The Bertz CT molecular complexity index is 696. The van der Waals surface area contributed by atoms with Crippen molar-refractivity contribution < 1.29 is 23.9 Å². The molecule has 1 saturated heterocycles. The molecule has 1 aliphatic rings. The lowest BCUT2D eigenvalue weighted by atomic mass is 10.00. The molecular formula is C21H30N2O5. The van der Waals surface area contributed by atoms with E-state index in [0.29, 0.717) is 13.0 Å². The van der Waals surface area contributed by atoms with Crippen molar-refractivity contribution in [1.29, 1.82) is 0 Å². The second kappa shape index (κ2) is 9.19. The predicted octanol–water partition coefficient (Wildman–Crippen LogP) is 2.49. The van der Waals surface area contributed by atoms with Gasteiger partial charge in [0.25, 0.3) is 0 Å². The van der Waals surface area contributed by atoms with Crippen LogP contribution in [0.1, 0.15) is 32.8 Å². The maximum atomic E-state index is 13.2. The molecule has 0 aliphatic carbocycles. The van der Waals surface area contributed by atoms with E-state index in [2.05, 4.69) is 0 Å². The van der Waals surface area contributed by atoms with Crippen LogP contribution in [0.4, 0.5) is 4.79 Å². The lowest BCUT2D eigenvalue weighted by molar-refractivity contribution is -0.158. The zero-order valence-corrected chi connectivity index (χ0v) is 17.3. The Morgan fingerprint density at radius 1 is 1.25 bits per heavy atom. The largest absolute Gasteiger partial charge is 0.460 e. The molecule has 1 aromatic rings. The Hall–Kier alpha value is -2.41. The molecule has 7 nitrogen and oxygen atoms in total. The fourth-order valence-electron chi connectivity index (χ4n) is 3.22. The van der Waals surface area contributed by atoms with Gasteiger partial charge in [-0.1, -0.05) is 30.3 Å². The first-order valence-electron chi connectivity index (χ1n) is 9.47. The van der Waals surface area contributed by atoms with Crippen LogP contribution in [-0.4, -0.2) is 66.7 Å². The standard InChI is InChI=1S/C21H30N2O5/c1-21(2,3)28-18(24)12-16(13-22(4)5)19(25)23-17(14-27-20(23)26)11-15-9-7-6-8-10-15/h6-10,16-17H,11-14H2,1-5H3/t16-,17-/m1/s1. The number of hydrogen-bond donors (Lipinski definition) is 0. The van der Waals surface area contributed by atoms with Gasteiger partial charge in [0.05, 0.1) is 18.4 Å². The molecule has 0 unspecified atom stereocenters. The molecule has 0 N–H and O–H groups in total. The van der Waals surface area contributed by atoms with Crippen LogP contribution < -0.4 is 0 Å². The lowest BCUT2D eigenvalue weighted by Gasteiger charge is -2.27. The molecule has 0 radical (unpaired) electrons. The monoisotopic (exact) mass is 390 g/mol. The predicted molar refractivity (Wildman–Crippen MR) is 105 cm³/mol. The van der Waals surface area contributed by atoms with Crippen LogP contribution in [-0.2, 0) is 25.5 Å². The number of carbonyl (C=O) groups excluding carboxylic acids is 3. The molecule has 2 rings (SSSR count). The van der Waals surface area contributed by atoms with Crippen LogP contribution in [0.5, 0.6) is 0 Å². The first kappa shape index (κ1) is 21.9. The van der Waals surface area contributed by atoms with E-state index in [0.717, 1.165) is 5.56 Å². The summed E-state index contributed by atoms with van der Waals surface area (Å²) >= 11 is 0. The third-order valence-corrected chi connectivity index (χ3v) is 4.28. The number of esters is 1. The summed E-state index contributed by atoms with van der Waals surface area (Å²) < 4.78 is 10.5. The van der Waals surface area contributed by atoms with Gasteiger partial charge in [-0.3, -0.25) is 9.59 Å². The highest BCUT2D eigenvalue weighted by molar-refractivity contribution is 5.96. The average molecular weight is 390 g/mol. The van der Waals surface area contributed by atoms with Crippen molar-refractivity contribution in [3.05, 3.63) is 35.9 Å². The summed E-state index contributed by atoms with van der Waals surface area (Å²) in [5.74, 6) is -1.54. The maximum Gasteiger partial charge on any atom is 0.416 e. The normalized spacial score (nSPS) is 18.1. The second-order valence-corrected chi connectivity index (χ2v) is 8.38. The van der Waals surface area contributed by atoms with E-state index in [4.69, 9.17) is 9.47 Å². The summed E-state index contributed by atoms with van der Waals surface area (Å²) in [6, 6.07) is 9.25. The van der Waals surface area contributed by atoms with Crippen molar-refractivity contribution >= 4 is 18.0 Å². The van der Waals surface area contributed by atoms with Gasteiger partial charge in [-0.2, -0.15) is 0 Å². The van der Waals surface area contributed by atoms with Crippen LogP contribution in [0.15, 0.2) is 30.3 Å². The zero-order chi connectivity index (χ0) is 20.9. The zero-order valence-electron chi connectivity index (χ0n) is 17.3. The second-order valence-electron chi connectivity index (χ2n) is 8.38. The van der Waals surface area contributed by atoms with Crippen LogP contribution in [0.3, 0.4) is 0 Å². The third-order valence-electron chi connectivity index (χ3n) is 4.28. The van der Waals surface area contributed by atoms with Gasteiger partial charge >= 0.3 is 12.1 Å². The summed E-state index contributed by atoms with van der Waals surface area (Å²) in [4.78, 5) is 40.7. The maximum absolute atomic E-state index is 13.2. The van der Waals surface area contributed by atoms with Gasteiger partial charge in [-0.15, -0.1) is 0 Å². The van der Waals surface area contributed by atoms with Gasteiger partial charge in [0, 0.05) is 6.54 Å². The molecule has 28 heavy (non-hydrogen) atoms. The lowest BCUT2D eigenvalue weighted by Crippen LogP contribution is -2.46. The van der Waals surface area contributed by atoms with Crippen LogP contribution in [0, 0.1) is 5.92 Å². The van der Waals surface area contributed by atoms with Crippen molar-refractivity contribution in [2.24, 2.45) is 5.92 Å². The van der Waals surface area contributed by atoms with Crippen LogP contribution >= 0.6 is 0 Å². The Morgan fingerprint density at radius 2 is 1.89 bits per heavy atom. The van der Waals surface area contributed by atoms with E-state index < -0.39 is 29.5 Å². The van der Waals surface area contributed by atoms with Crippen LogP contribution in [0.25, 0.3) is 0 Å². The Balaban J connectivity index is 2.15. The third kappa shape index (κ3) is 6.34. The number of cyclic esters (lactones) is 1. The first-order valence-corrected chi connectivity index (χ1v) is 9.47. The molecule has 154 valence electrons. The molecule has 0 aromatic heterocycles. The van der Waals surface area contributed by atoms with Gasteiger partial charge in [-0.25, -0.2) is 9.69 Å². The fraction of sp³-hybridized carbons (Fsp3) is 0.571. The summed E-state index contributed by atoms with van der Waals surface area (Å²) in [6.45, 7) is 5.82. The number of benzene rings is 1. The Labute approximate surface area is 166 Å². The topological polar surface area (TPSA) is 76.2 Å². The molecule has 0 spiro atoms. The molecule has 1 fully saturated rings. The number of ether oxygens (including phenoxy) is 2. The minimum atomic E-state index is -0.686. The number of hydrogen-bond acceptors (Lipinski definition) is 6. The van der Waals surface area contributed by atoms with Gasteiger partial charge in [0.1, 0.15) is 12.2 Å². The average Bonchev–Trinajstić information content (AvgIpc) is 2.93. The molecular weight excluding hydrogens is 360 g/mol. The Kier molecular flexibility index (Phi) is 7.18. The number of rotatable bonds is 7. The summed E-state index contributed by atoms with van der Waals surface area (Å²) in [7, 11) is 3.64. The van der Waals surface area contributed by atoms with Crippen LogP contribution in [0.2, 0.25) is 0 Å². The van der Waals surface area contributed by atoms with Gasteiger partial charge in [0.2, 0.25) is 5.91 Å². The van der Waals surface area contributed by atoms with Crippen molar-refractivity contribution in [3.8, 4) is 0 Å². The van der Waals surface area contributed by atoms with Crippen molar-refractivity contribution in [2.75, 3.05) is 27.2 Å². The SMILES string of the molecule is CN(C)C[C@@H](CC(=O)OC(C)(C)C)C(=O)N1C(=O)OC[C@H]1Cc1ccccc1. The molecule has 1 aromatic carbocycles. The molecule has 2 amide bonds. The van der Waals surface area contributed by atoms with E-state index in [9.17, 15) is 14.4 Å². The number of amides is 2. The van der Waals surface area contributed by atoms with Gasteiger partial charge in [-0.05, 0) is 46.9 Å². The summed E-state index contributed by atoms with van der Waals surface area (Å²) in [6.07, 6.45) is -0.228. The minimum absolute atomic E-state index is 0.0872. The smallest absolute Gasteiger partial charge is 0.416 e. The number of imide groups is 1. The van der Waals surface area contributed by atoms with E-state index in [1.807, 2.05) is 49.3 Å². The van der Waals surface area contributed by atoms with Crippen molar-refractivity contribution in [3.63, 3.8) is 0 Å². The van der Waals surface area contributed by atoms with Gasteiger partial charge < -0.3 is 14.4 Å². The Morgan fingerprint density at radius 3 is 2.46 bits per heavy atom. The molecule has 7 heteroatoms. The molecule has 1 aliphatic heterocycles. The molecule has 0 saturated carbocycles. The number of nitrogens with zero attached hydrogens (tertiary/aromatic N) is 2. The highest BCUT2D eigenvalue weighted by atomic mass is 16.6. The first-order chi connectivity index (χ1) is 13.1. The molecule has 2 atom stereocenters. The molecule has 1 heterocycles. The van der Waals surface area contributed by atoms with Crippen molar-refractivity contribution in [1.82, 2.24) is 9.80 Å². The highest BCUT2D eigenvalue weighted by Crippen LogP contribution is 2.22. The molecule has 0 bridgehead atoms. The quantitative estimate of drug-likeness (QED) is 0.666. The number of carbonyl (C=O) groups is 3. The van der Waals surface area contributed by atoms with Gasteiger partial charge in [0.15, 0.2) is 0 Å². The highest BCUT2D eigenvalue weighted by Gasteiger charge is 2.41. The van der Waals surface area contributed by atoms with E-state index in [1.54, 1.807) is 20.8 Å². The van der Waals surface area contributed by atoms with E-state index in [-0.39, 0.29) is 19.1 Å². The summed E-state index contributed by atoms with van der Waals surface area (Å²) in [5.41, 5.74) is 0.380. The fourth-order valence-corrected chi connectivity index (χ4v) is 3.22. The minimum Gasteiger partial charge on any atom is -0.460 e. The van der Waals surface area contributed by atoms with E-state index in [1.165, 1.54) is 4.90 Å².